The zero-order valence-electron chi connectivity index (χ0n) is 9.53. The second-order valence-electron chi connectivity index (χ2n) is 4.37. The predicted octanol–water partition coefficient (Wildman–Crippen LogP) is 1.42. The molecule has 4 nitrogen and oxygen atoms in total. The van der Waals surface area contributed by atoms with E-state index >= 15 is 0 Å². The quantitative estimate of drug-likeness (QED) is 0.852. The number of fused-ring (bicyclic) bond motifs is 1. The van der Waals surface area contributed by atoms with Crippen LogP contribution in [0, 0.1) is 5.82 Å². The average molecular weight is 315 g/mol. The summed E-state index contributed by atoms with van der Waals surface area (Å²) in [5.41, 5.74) is 0.482. The van der Waals surface area contributed by atoms with E-state index in [-0.39, 0.29) is 17.8 Å². The van der Waals surface area contributed by atoms with Gasteiger partial charge in [0.05, 0.1) is 13.2 Å². The Hall–Kier alpha value is -0.980. The van der Waals surface area contributed by atoms with Crippen LogP contribution in [0.1, 0.15) is 11.7 Å². The zero-order valence-corrected chi connectivity index (χ0v) is 11.1. The molecule has 0 aromatic heterocycles. The van der Waals surface area contributed by atoms with Crippen molar-refractivity contribution in [3.05, 3.63) is 34.1 Å². The van der Waals surface area contributed by atoms with Gasteiger partial charge in [0, 0.05) is 16.6 Å². The van der Waals surface area contributed by atoms with Crippen LogP contribution < -0.4 is 5.32 Å². The lowest BCUT2D eigenvalue weighted by Crippen LogP contribution is -2.44. The minimum atomic E-state index is -0.415. The maximum Gasteiger partial charge on any atom is 0.241 e. The lowest BCUT2D eigenvalue weighted by molar-refractivity contribution is -0.125. The van der Waals surface area contributed by atoms with Crippen molar-refractivity contribution >= 4 is 21.8 Å². The van der Waals surface area contributed by atoms with Gasteiger partial charge in [-0.05, 0) is 12.1 Å². The molecular weight excluding hydrogens is 303 g/mol. The van der Waals surface area contributed by atoms with Gasteiger partial charge in [-0.15, -0.1) is 0 Å². The van der Waals surface area contributed by atoms with Crippen molar-refractivity contribution in [2.24, 2.45) is 0 Å². The first kappa shape index (κ1) is 12.1. The van der Waals surface area contributed by atoms with E-state index in [1.54, 1.807) is 12.1 Å². The van der Waals surface area contributed by atoms with Crippen molar-refractivity contribution in [3.63, 3.8) is 0 Å². The average Bonchev–Trinajstić information content (AvgIpc) is 2.68. The predicted molar refractivity (Wildman–Crippen MR) is 66.3 cm³/mol. The van der Waals surface area contributed by atoms with E-state index in [2.05, 4.69) is 21.2 Å². The van der Waals surface area contributed by atoms with Crippen molar-refractivity contribution in [2.75, 3.05) is 19.8 Å². The van der Waals surface area contributed by atoms with Gasteiger partial charge in [-0.25, -0.2) is 4.39 Å². The molecule has 2 atom stereocenters. The topological polar surface area (TPSA) is 41.6 Å². The van der Waals surface area contributed by atoms with Gasteiger partial charge in [-0.1, -0.05) is 22.0 Å². The molecule has 1 aromatic rings. The minimum Gasteiger partial charge on any atom is -0.378 e. The van der Waals surface area contributed by atoms with Crippen LogP contribution in [-0.2, 0) is 9.53 Å². The third-order valence-electron chi connectivity index (χ3n) is 3.36. The Bertz CT molecular complexity index is 477. The second-order valence-corrected chi connectivity index (χ2v) is 5.23. The normalized spacial score (nSPS) is 28.0. The number of rotatable bonds is 1. The van der Waals surface area contributed by atoms with Crippen molar-refractivity contribution < 1.29 is 13.9 Å². The number of nitrogens with zero attached hydrogens (tertiary/aromatic N) is 1. The first-order valence-corrected chi connectivity index (χ1v) is 6.55. The molecule has 2 aliphatic rings. The van der Waals surface area contributed by atoms with Crippen LogP contribution in [0.2, 0.25) is 0 Å². The number of amides is 1. The summed E-state index contributed by atoms with van der Waals surface area (Å²) in [6.45, 7) is 1.55. The Labute approximate surface area is 112 Å². The largest absolute Gasteiger partial charge is 0.378 e. The number of hydrogen-bond donors (Lipinski definition) is 1. The molecule has 0 unspecified atom stereocenters. The van der Waals surface area contributed by atoms with Gasteiger partial charge < -0.3 is 10.1 Å². The molecule has 2 saturated heterocycles. The summed E-state index contributed by atoms with van der Waals surface area (Å²) in [6.07, 6.45) is -0.415. The van der Waals surface area contributed by atoms with E-state index in [0.717, 1.165) is 0 Å². The number of hydrogen-bond acceptors (Lipinski definition) is 3. The van der Waals surface area contributed by atoms with Gasteiger partial charge in [0.25, 0.3) is 0 Å². The molecule has 6 heteroatoms. The maximum atomic E-state index is 13.9. The number of carbonyl (C=O) groups is 1. The van der Waals surface area contributed by atoms with Crippen LogP contribution in [0.15, 0.2) is 22.7 Å². The Kier molecular flexibility index (Phi) is 3.09. The molecule has 1 aromatic carbocycles. The number of halogens is 2. The van der Waals surface area contributed by atoms with Crippen molar-refractivity contribution in [3.8, 4) is 0 Å². The fraction of sp³-hybridized carbons (Fsp3) is 0.417. The summed E-state index contributed by atoms with van der Waals surface area (Å²) >= 11 is 3.34. The Morgan fingerprint density at radius 3 is 3.11 bits per heavy atom. The molecule has 1 N–H and O–H groups in total. The fourth-order valence-corrected chi connectivity index (χ4v) is 3.03. The Morgan fingerprint density at radius 2 is 2.33 bits per heavy atom. The van der Waals surface area contributed by atoms with E-state index in [9.17, 15) is 9.18 Å². The maximum absolute atomic E-state index is 13.9. The molecule has 96 valence electrons. The molecule has 0 bridgehead atoms. The van der Waals surface area contributed by atoms with E-state index < -0.39 is 6.17 Å². The Balaban J connectivity index is 1.99. The summed E-state index contributed by atoms with van der Waals surface area (Å²) in [6, 6.07) is 4.50. The molecule has 0 saturated carbocycles. The zero-order chi connectivity index (χ0) is 12.7. The lowest BCUT2D eigenvalue weighted by atomic mass is 10.1. The highest BCUT2D eigenvalue weighted by Gasteiger charge is 2.43. The van der Waals surface area contributed by atoms with Gasteiger partial charge in [-0.3, -0.25) is 9.69 Å². The lowest BCUT2D eigenvalue weighted by Gasteiger charge is -2.31. The highest BCUT2D eigenvalue weighted by Crippen LogP contribution is 2.33. The molecule has 2 aliphatic heterocycles. The first-order chi connectivity index (χ1) is 8.68. The second kappa shape index (κ2) is 4.60. The summed E-state index contributed by atoms with van der Waals surface area (Å²) < 4.78 is 19.9. The van der Waals surface area contributed by atoms with Crippen LogP contribution in [0.4, 0.5) is 4.39 Å². The molecule has 1 amide bonds. The molecule has 2 fully saturated rings. The first-order valence-electron chi connectivity index (χ1n) is 5.76. The van der Waals surface area contributed by atoms with Gasteiger partial charge in [0.15, 0.2) is 0 Å². The molecule has 0 spiro atoms. The highest BCUT2D eigenvalue weighted by atomic mass is 79.9. The third-order valence-corrected chi connectivity index (χ3v) is 4.05. The SMILES string of the molecule is O=C1N[C@@H](c2c(F)cccc2Br)N2CCOC[C@H]12. The summed E-state index contributed by atoms with van der Waals surface area (Å²) in [4.78, 5) is 13.8. The number of carbonyl (C=O) groups excluding carboxylic acids is 1. The van der Waals surface area contributed by atoms with E-state index in [1.807, 2.05) is 4.90 Å². The van der Waals surface area contributed by atoms with Crippen LogP contribution in [0.25, 0.3) is 0 Å². The number of nitrogens with one attached hydrogen (secondary N) is 1. The highest BCUT2D eigenvalue weighted by molar-refractivity contribution is 9.10. The van der Waals surface area contributed by atoms with E-state index in [4.69, 9.17) is 4.74 Å². The number of benzene rings is 1. The fourth-order valence-electron chi connectivity index (χ4n) is 2.48. The molecule has 0 radical (unpaired) electrons. The summed E-state index contributed by atoms with van der Waals surface area (Å²) in [5, 5.41) is 2.83. The third kappa shape index (κ3) is 1.84. The Morgan fingerprint density at radius 1 is 1.50 bits per heavy atom. The van der Waals surface area contributed by atoms with Crippen LogP contribution >= 0.6 is 15.9 Å². The number of morpholine rings is 1. The van der Waals surface area contributed by atoms with Gasteiger partial charge >= 0.3 is 0 Å². The number of ether oxygens (including phenoxy) is 1. The van der Waals surface area contributed by atoms with Gasteiger partial charge in [-0.2, -0.15) is 0 Å². The summed E-state index contributed by atoms with van der Waals surface area (Å²) in [7, 11) is 0. The standard InChI is InChI=1S/C12H12BrFN2O2/c13-7-2-1-3-8(14)10(7)11-15-12(17)9-6-18-5-4-16(9)11/h1-3,9,11H,4-6H2,(H,15,17)/t9-,11-/m1/s1. The molecule has 3 rings (SSSR count). The van der Waals surface area contributed by atoms with E-state index in [1.165, 1.54) is 6.07 Å². The summed E-state index contributed by atoms with van der Waals surface area (Å²) in [5.74, 6) is -0.420. The van der Waals surface area contributed by atoms with Crippen molar-refractivity contribution in [1.29, 1.82) is 0 Å². The van der Waals surface area contributed by atoms with Crippen molar-refractivity contribution in [2.45, 2.75) is 12.2 Å². The molecule has 2 heterocycles. The van der Waals surface area contributed by atoms with Crippen LogP contribution in [0.5, 0.6) is 0 Å². The van der Waals surface area contributed by atoms with Crippen LogP contribution in [-0.4, -0.2) is 36.6 Å². The smallest absolute Gasteiger partial charge is 0.241 e. The van der Waals surface area contributed by atoms with E-state index in [0.29, 0.717) is 29.8 Å². The van der Waals surface area contributed by atoms with Crippen molar-refractivity contribution in [1.82, 2.24) is 10.2 Å². The molecule has 18 heavy (non-hydrogen) atoms. The van der Waals surface area contributed by atoms with Gasteiger partial charge in [0.2, 0.25) is 5.91 Å². The molecule has 0 aliphatic carbocycles. The minimum absolute atomic E-state index is 0.102. The monoisotopic (exact) mass is 314 g/mol. The van der Waals surface area contributed by atoms with Crippen LogP contribution in [0.3, 0.4) is 0 Å². The molecular formula is C12H12BrFN2O2. The van der Waals surface area contributed by atoms with Gasteiger partial charge in [0.1, 0.15) is 18.0 Å².